The number of carbonyl (C=O) groups is 2. The van der Waals surface area contributed by atoms with Crippen LogP contribution in [0, 0.1) is 0 Å². The van der Waals surface area contributed by atoms with Crippen LogP contribution in [0.3, 0.4) is 0 Å². The highest BCUT2D eigenvalue weighted by Gasteiger charge is 2.17. The third-order valence-electron chi connectivity index (χ3n) is 3.41. The van der Waals surface area contributed by atoms with Crippen molar-refractivity contribution in [3.8, 4) is 11.5 Å². The number of benzene rings is 2. The Balaban J connectivity index is 0.000000569. The summed E-state index contributed by atoms with van der Waals surface area (Å²) in [7, 11) is 0. The zero-order valence-electron chi connectivity index (χ0n) is 12.9. The fourth-order valence-corrected chi connectivity index (χ4v) is 3.20. The summed E-state index contributed by atoms with van der Waals surface area (Å²) in [6.07, 6.45) is 1.73. The average Bonchev–Trinajstić information content (AvgIpc) is 3.10. The number of fused-ring (bicyclic) bond motifs is 2. The van der Waals surface area contributed by atoms with E-state index in [9.17, 15) is 4.79 Å². The van der Waals surface area contributed by atoms with Crippen LogP contribution in [0.4, 0.5) is 0 Å². The van der Waals surface area contributed by atoms with Gasteiger partial charge in [0.2, 0.25) is 11.9 Å². The lowest BCUT2D eigenvalue weighted by atomic mass is 10.2. The second-order valence-corrected chi connectivity index (χ2v) is 5.91. The summed E-state index contributed by atoms with van der Waals surface area (Å²) in [6, 6.07) is 14.9. The largest absolute Gasteiger partial charge is 0.483 e. The first kappa shape index (κ1) is 16.8. The summed E-state index contributed by atoms with van der Waals surface area (Å²) in [5, 5.41) is 7.86. The molecule has 0 unspecified atom stereocenters. The molecular formula is C18H13NO5S. The lowest BCUT2D eigenvalue weighted by molar-refractivity contribution is -0.122. The van der Waals surface area contributed by atoms with Gasteiger partial charge < -0.3 is 14.6 Å². The van der Waals surface area contributed by atoms with E-state index in [0.29, 0.717) is 17.1 Å². The molecule has 2 aromatic carbocycles. The monoisotopic (exact) mass is 355 g/mol. The molecule has 0 fully saturated rings. The van der Waals surface area contributed by atoms with Gasteiger partial charge in [-0.2, -0.15) is 0 Å². The van der Waals surface area contributed by atoms with E-state index < -0.39 is 0 Å². The van der Waals surface area contributed by atoms with Crippen molar-refractivity contribution in [2.75, 3.05) is 6.79 Å². The summed E-state index contributed by atoms with van der Waals surface area (Å²) in [4.78, 5) is 26.1. The second kappa shape index (κ2) is 7.67. The number of hydrogen-bond donors (Lipinski definition) is 1. The van der Waals surface area contributed by atoms with Gasteiger partial charge in [0.1, 0.15) is 0 Å². The molecule has 126 valence electrons. The van der Waals surface area contributed by atoms with E-state index in [2.05, 4.69) is 4.98 Å². The number of ether oxygens (including phenoxy) is 2. The van der Waals surface area contributed by atoms with Gasteiger partial charge in [-0.3, -0.25) is 14.6 Å². The molecule has 1 N–H and O–H groups in total. The average molecular weight is 355 g/mol. The number of rotatable bonds is 2. The van der Waals surface area contributed by atoms with Crippen LogP contribution in [-0.4, -0.2) is 28.5 Å². The van der Waals surface area contributed by atoms with E-state index >= 15 is 0 Å². The zero-order valence-corrected chi connectivity index (χ0v) is 13.7. The van der Waals surface area contributed by atoms with Gasteiger partial charge in [0.15, 0.2) is 11.5 Å². The molecule has 7 heteroatoms. The first-order chi connectivity index (χ1) is 12.2. The molecule has 0 saturated heterocycles. The van der Waals surface area contributed by atoms with Crippen molar-refractivity contribution in [1.29, 1.82) is 0 Å². The number of nitrogens with zero attached hydrogens (tertiary/aromatic N) is 1. The van der Waals surface area contributed by atoms with Gasteiger partial charge in [0.05, 0.1) is 5.52 Å². The fourth-order valence-electron chi connectivity index (χ4n) is 2.34. The van der Waals surface area contributed by atoms with Crippen LogP contribution < -0.4 is 9.47 Å². The molecule has 0 bridgehead atoms. The number of hydrogen-bond acceptors (Lipinski definition) is 6. The second-order valence-electron chi connectivity index (χ2n) is 4.89. The highest BCUT2D eigenvalue weighted by molar-refractivity contribution is 8.14. The third-order valence-corrected chi connectivity index (χ3v) is 4.38. The van der Waals surface area contributed by atoms with E-state index in [4.69, 9.17) is 19.4 Å². The molecule has 3 aromatic rings. The van der Waals surface area contributed by atoms with Gasteiger partial charge in [-0.25, -0.2) is 0 Å². The third kappa shape index (κ3) is 3.72. The highest BCUT2D eigenvalue weighted by atomic mass is 32.2. The van der Waals surface area contributed by atoms with Gasteiger partial charge in [0, 0.05) is 22.0 Å². The van der Waals surface area contributed by atoms with E-state index in [1.807, 2.05) is 30.3 Å². The first-order valence-electron chi connectivity index (χ1n) is 7.26. The van der Waals surface area contributed by atoms with Crippen LogP contribution in [0.25, 0.3) is 10.9 Å². The molecule has 4 rings (SSSR count). The van der Waals surface area contributed by atoms with Crippen LogP contribution in [0.2, 0.25) is 0 Å². The predicted octanol–water partition coefficient (Wildman–Crippen LogP) is 3.60. The number of para-hydroxylation sites is 1. The summed E-state index contributed by atoms with van der Waals surface area (Å²) in [6.45, 7) is -0.0483. The van der Waals surface area contributed by atoms with Crippen molar-refractivity contribution in [2.45, 2.75) is 4.90 Å². The summed E-state index contributed by atoms with van der Waals surface area (Å²) < 4.78 is 10.6. The maximum absolute atomic E-state index is 12.5. The molecular weight excluding hydrogens is 342 g/mol. The van der Waals surface area contributed by atoms with E-state index in [1.165, 1.54) is 11.8 Å². The first-order valence-corrected chi connectivity index (χ1v) is 8.08. The SMILES string of the molecule is O=C(Sc1cccc2cccnc12)c1ccc2c(c1)OCO2.O=CO. The molecule has 0 atom stereocenters. The molecule has 25 heavy (non-hydrogen) atoms. The minimum Gasteiger partial charge on any atom is -0.483 e. The maximum atomic E-state index is 12.5. The van der Waals surface area contributed by atoms with Crippen molar-refractivity contribution >= 4 is 34.3 Å². The van der Waals surface area contributed by atoms with Crippen LogP contribution in [0.15, 0.2) is 59.6 Å². The van der Waals surface area contributed by atoms with Crippen LogP contribution in [0.1, 0.15) is 10.4 Å². The van der Waals surface area contributed by atoms with Crippen molar-refractivity contribution < 1.29 is 24.2 Å². The molecule has 1 aliphatic rings. The molecule has 0 aliphatic carbocycles. The quantitative estimate of drug-likeness (QED) is 0.555. The molecule has 0 spiro atoms. The predicted molar refractivity (Wildman–Crippen MR) is 93.2 cm³/mol. The van der Waals surface area contributed by atoms with Crippen molar-refractivity contribution in [2.24, 2.45) is 0 Å². The summed E-state index contributed by atoms with van der Waals surface area (Å²) in [5.74, 6) is 1.29. The zero-order chi connectivity index (χ0) is 17.6. The van der Waals surface area contributed by atoms with Crippen LogP contribution >= 0.6 is 11.8 Å². The number of carboxylic acid groups (broad SMARTS) is 1. The lowest BCUT2D eigenvalue weighted by Gasteiger charge is -2.05. The molecule has 0 radical (unpaired) electrons. The summed E-state index contributed by atoms with van der Waals surface area (Å²) in [5.41, 5.74) is 1.42. The topological polar surface area (TPSA) is 85.7 Å². The van der Waals surface area contributed by atoms with Gasteiger partial charge >= 0.3 is 0 Å². The smallest absolute Gasteiger partial charge is 0.290 e. The number of pyridine rings is 1. The Bertz CT molecular complexity index is 923. The Morgan fingerprint density at radius 2 is 1.88 bits per heavy atom. The highest BCUT2D eigenvalue weighted by Crippen LogP contribution is 2.35. The van der Waals surface area contributed by atoms with Crippen molar-refractivity contribution in [3.05, 3.63) is 60.3 Å². The Kier molecular flexibility index (Phi) is 5.15. The van der Waals surface area contributed by atoms with E-state index in [-0.39, 0.29) is 18.4 Å². The summed E-state index contributed by atoms with van der Waals surface area (Å²) >= 11 is 1.17. The molecule has 1 aromatic heterocycles. The maximum Gasteiger partial charge on any atom is 0.290 e. The van der Waals surface area contributed by atoms with E-state index in [0.717, 1.165) is 15.8 Å². The molecule has 2 heterocycles. The van der Waals surface area contributed by atoms with Crippen LogP contribution in [0.5, 0.6) is 11.5 Å². The number of aromatic nitrogens is 1. The van der Waals surface area contributed by atoms with Gasteiger partial charge in [-0.15, -0.1) is 0 Å². The fraction of sp³-hybridized carbons (Fsp3) is 0.0556. The molecule has 0 saturated carbocycles. The Morgan fingerprint density at radius 1 is 1.12 bits per heavy atom. The number of carbonyl (C=O) groups excluding carboxylic acids is 1. The van der Waals surface area contributed by atoms with Gasteiger partial charge in [0.25, 0.3) is 6.47 Å². The minimum absolute atomic E-state index is 0.0450. The Labute approximate surface area is 147 Å². The van der Waals surface area contributed by atoms with Crippen molar-refractivity contribution in [3.63, 3.8) is 0 Å². The standard InChI is InChI=1S/C17H11NO3S.CH2O2/c19-17(12-6-7-13-14(9-12)21-10-20-13)22-15-5-1-3-11-4-2-8-18-16(11)15;2-1-3/h1-9H,10H2;1H,(H,2,3). The molecule has 0 amide bonds. The Hall–Kier alpha value is -3.06. The Morgan fingerprint density at radius 3 is 2.72 bits per heavy atom. The minimum atomic E-state index is -0.250. The normalized spacial score (nSPS) is 11.5. The molecule has 1 aliphatic heterocycles. The van der Waals surface area contributed by atoms with Gasteiger partial charge in [-0.1, -0.05) is 18.2 Å². The molecule has 6 nitrogen and oxygen atoms in total. The van der Waals surface area contributed by atoms with Crippen LogP contribution in [-0.2, 0) is 4.79 Å². The number of thioether (sulfide) groups is 1. The van der Waals surface area contributed by atoms with E-state index in [1.54, 1.807) is 24.4 Å². The van der Waals surface area contributed by atoms with Crippen molar-refractivity contribution in [1.82, 2.24) is 4.98 Å². The lowest BCUT2D eigenvalue weighted by Crippen LogP contribution is -1.94. The van der Waals surface area contributed by atoms with Gasteiger partial charge in [-0.05, 0) is 42.1 Å².